The largest absolute Gasteiger partial charge is 0.454 e. The lowest BCUT2D eigenvalue weighted by atomic mass is 9.92. The third-order valence-corrected chi connectivity index (χ3v) is 5.19. The molecule has 0 unspecified atom stereocenters. The van der Waals surface area contributed by atoms with Gasteiger partial charge < -0.3 is 24.8 Å². The number of imide groups is 1. The van der Waals surface area contributed by atoms with E-state index >= 15 is 0 Å². The maximum absolute atomic E-state index is 12.9. The maximum atomic E-state index is 12.9. The van der Waals surface area contributed by atoms with E-state index in [0.717, 1.165) is 23.3 Å². The predicted molar refractivity (Wildman–Crippen MR) is 96.9 cm³/mol. The fourth-order valence-corrected chi connectivity index (χ4v) is 3.70. The molecule has 0 aromatic heterocycles. The molecule has 1 aromatic rings. The van der Waals surface area contributed by atoms with Crippen LogP contribution in [0.2, 0.25) is 0 Å². The summed E-state index contributed by atoms with van der Waals surface area (Å²) in [4.78, 5) is 38.3. The van der Waals surface area contributed by atoms with E-state index in [-0.39, 0.29) is 31.8 Å². The summed E-state index contributed by atoms with van der Waals surface area (Å²) in [6, 6.07) is 4.83. The maximum Gasteiger partial charge on any atom is 0.325 e. The van der Waals surface area contributed by atoms with Crippen LogP contribution in [0.4, 0.5) is 4.79 Å². The molecule has 0 radical (unpaired) electrons. The van der Waals surface area contributed by atoms with Gasteiger partial charge in [-0.3, -0.25) is 14.5 Å². The first-order valence-electron chi connectivity index (χ1n) is 9.35. The summed E-state index contributed by atoms with van der Waals surface area (Å²) in [5.74, 6) is 0.456. The Kier molecular flexibility index (Phi) is 4.84. The summed E-state index contributed by atoms with van der Waals surface area (Å²) in [7, 11) is 0. The molecule has 2 fully saturated rings. The van der Waals surface area contributed by atoms with Crippen molar-refractivity contribution in [2.75, 3.05) is 26.5 Å². The van der Waals surface area contributed by atoms with Gasteiger partial charge in [-0.1, -0.05) is 6.07 Å². The highest BCUT2D eigenvalue weighted by atomic mass is 16.7. The number of fused-ring (bicyclic) bond motifs is 1. The molecule has 4 amide bonds. The Morgan fingerprint density at radius 1 is 1.32 bits per heavy atom. The molecule has 3 aliphatic rings. The number of hydrogen-bond donors (Lipinski definition) is 2. The smallest absolute Gasteiger partial charge is 0.325 e. The van der Waals surface area contributed by atoms with Crippen molar-refractivity contribution in [2.45, 2.75) is 37.8 Å². The van der Waals surface area contributed by atoms with Crippen molar-refractivity contribution in [3.8, 4) is 11.5 Å². The van der Waals surface area contributed by atoms with E-state index in [1.54, 1.807) is 19.1 Å². The number of ether oxygens (including phenoxy) is 3. The molecule has 3 heterocycles. The minimum atomic E-state index is -1.13. The summed E-state index contributed by atoms with van der Waals surface area (Å²) in [6.45, 7) is 2.60. The van der Waals surface area contributed by atoms with E-state index in [1.165, 1.54) is 0 Å². The van der Waals surface area contributed by atoms with E-state index < -0.39 is 17.5 Å². The monoisotopic (exact) mass is 389 g/mol. The molecule has 0 saturated carbocycles. The van der Waals surface area contributed by atoms with Crippen LogP contribution in [-0.2, 0) is 20.7 Å². The molecule has 2 saturated heterocycles. The van der Waals surface area contributed by atoms with Crippen LogP contribution in [0.1, 0.15) is 25.3 Å². The summed E-state index contributed by atoms with van der Waals surface area (Å²) in [5, 5.41) is 5.44. The van der Waals surface area contributed by atoms with Gasteiger partial charge in [-0.15, -0.1) is 0 Å². The average molecular weight is 389 g/mol. The molecular formula is C19H23N3O6. The van der Waals surface area contributed by atoms with Gasteiger partial charge in [-0.05, 0) is 37.5 Å². The molecule has 28 heavy (non-hydrogen) atoms. The van der Waals surface area contributed by atoms with E-state index in [0.29, 0.717) is 24.7 Å². The SMILES string of the molecule is C[C@]1(Cc2ccc3c(c2)OCO3)NC(=O)N(CC(=O)NC[C@@H]2CCCO2)C1=O. The fraction of sp³-hybridized carbons (Fsp3) is 0.526. The van der Waals surface area contributed by atoms with E-state index in [4.69, 9.17) is 14.2 Å². The molecule has 0 aliphatic carbocycles. The summed E-state index contributed by atoms with van der Waals surface area (Å²) >= 11 is 0. The lowest BCUT2D eigenvalue weighted by Gasteiger charge is -2.22. The number of urea groups is 1. The summed E-state index contributed by atoms with van der Waals surface area (Å²) in [5.41, 5.74) is -0.301. The van der Waals surface area contributed by atoms with Crippen molar-refractivity contribution in [3.05, 3.63) is 23.8 Å². The second-order valence-electron chi connectivity index (χ2n) is 7.46. The second-order valence-corrected chi connectivity index (χ2v) is 7.46. The first-order valence-corrected chi connectivity index (χ1v) is 9.35. The van der Waals surface area contributed by atoms with Gasteiger partial charge in [-0.25, -0.2) is 4.79 Å². The third kappa shape index (κ3) is 3.62. The van der Waals surface area contributed by atoms with Crippen LogP contribution in [0.15, 0.2) is 18.2 Å². The number of amides is 4. The van der Waals surface area contributed by atoms with Crippen LogP contribution in [0.3, 0.4) is 0 Å². The Morgan fingerprint density at radius 2 is 2.14 bits per heavy atom. The zero-order valence-corrected chi connectivity index (χ0v) is 15.7. The van der Waals surface area contributed by atoms with E-state index in [1.807, 2.05) is 6.07 Å². The lowest BCUT2D eigenvalue weighted by Crippen LogP contribution is -2.47. The van der Waals surface area contributed by atoms with Gasteiger partial charge in [0, 0.05) is 19.6 Å². The molecule has 0 bridgehead atoms. The quantitative estimate of drug-likeness (QED) is 0.689. The minimum Gasteiger partial charge on any atom is -0.454 e. The van der Waals surface area contributed by atoms with Crippen molar-refractivity contribution in [3.63, 3.8) is 0 Å². The first-order chi connectivity index (χ1) is 13.4. The number of benzene rings is 1. The topological polar surface area (TPSA) is 106 Å². The van der Waals surface area contributed by atoms with Crippen LogP contribution in [0, 0.1) is 0 Å². The molecule has 1 aromatic carbocycles. The fourth-order valence-electron chi connectivity index (χ4n) is 3.70. The Bertz CT molecular complexity index is 807. The molecule has 150 valence electrons. The molecular weight excluding hydrogens is 366 g/mol. The predicted octanol–water partition coefficient (Wildman–Crippen LogP) is 0.563. The Hall–Kier alpha value is -2.81. The first kappa shape index (κ1) is 18.5. The van der Waals surface area contributed by atoms with E-state index in [9.17, 15) is 14.4 Å². The highest BCUT2D eigenvalue weighted by Gasteiger charge is 2.48. The Labute approximate surface area is 162 Å². The van der Waals surface area contributed by atoms with Gasteiger partial charge in [0.25, 0.3) is 5.91 Å². The van der Waals surface area contributed by atoms with Crippen LogP contribution in [0.5, 0.6) is 11.5 Å². The number of nitrogens with zero attached hydrogens (tertiary/aromatic N) is 1. The number of nitrogens with one attached hydrogen (secondary N) is 2. The van der Waals surface area contributed by atoms with Gasteiger partial charge in [-0.2, -0.15) is 0 Å². The number of carbonyl (C=O) groups excluding carboxylic acids is 3. The van der Waals surface area contributed by atoms with Gasteiger partial charge in [0.2, 0.25) is 12.7 Å². The summed E-state index contributed by atoms with van der Waals surface area (Å²) < 4.78 is 16.1. The normalized spacial score (nSPS) is 25.9. The van der Waals surface area contributed by atoms with E-state index in [2.05, 4.69) is 10.6 Å². The van der Waals surface area contributed by atoms with Crippen molar-refractivity contribution < 1.29 is 28.6 Å². The van der Waals surface area contributed by atoms with Gasteiger partial charge in [0.1, 0.15) is 12.1 Å². The zero-order valence-electron chi connectivity index (χ0n) is 15.7. The van der Waals surface area contributed by atoms with Crippen LogP contribution >= 0.6 is 0 Å². The molecule has 4 rings (SSSR count). The second kappa shape index (κ2) is 7.31. The highest BCUT2D eigenvalue weighted by Crippen LogP contribution is 2.34. The summed E-state index contributed by atoms with van der Waals surface area (Å²) in [6.07, 6.45) is 2.16. The van der Waals surface area contributed by atoms with Crippen LogP contribution in [-0.4, -0.2) is 60.9 Å². The molecule has 2 N–H and O–H groups in total. The molecule has 3 aliphatic heterocycles. The Balaban J connectivity index is 1.37. The zero-order chi connectivity index (χ0) is 19.7. The van der Waals surface area contributed by atoms with Crippen molar-refractivity contribution in [1.29, 1.82) is 0 Å². The van der Waals surface area contributed by atoms with Gasteiger partial charge >= 0.3 is 6.03 Å². The molecule has 9 nitrogen and oxygen atoms in total. The molecule has 2 atom stereocenters. The molecule has 9 heteroatoms. The molecule has 0 spiro atoms. The standard InChI is InChI=1S/C19H23N3O6/c1-19(8-12-4-5-14-15(7-12)28-11-27-14)17(24)22(18(25)21-19)10-16(23)20-9-13-3-2-6-26-13/h4-5,7,13H,2-3,6,8-11H2,1H3,(H,20,23)(H,21,25)/t13-,19+/m0/s1. The lowest BCUT2D eigenvalue weighted by molar-refractivity contribution is -0.134. The van der Waals surface area contributed by atoms with Crippen LogP contribution in [0.25, 0.3) is 0 Å². The number of carbonyl (C=O) groups is 3. The minimum absolute atomic E-state index is 0.00308. The number of hydrogen-bond acceptors (Lipinski definition) is 6. The van der Waals surface area contributed by atoms with Crippen molar-refractivity contribution >= 4 is 17.8 Å². The van der Waals surface area contributed by atoms with Crippen LogP contribution < -0.4 is 20.1 Å². The van der Waals surface area contributed by atoms with Crippen molar-refractivity contribution in [1.82, 2.24) is 15.5 Å². The van der Waals surface area contributed by atoms with Crippen molar-refractivity contribution in [2.24, 2.45) is 0 Å². The third-order valence-electron chi connectivity index (χ3n) is 5.19. The van der Waals surface area contributed by atoms with Gasteiger partial charge in [0.05, 0.1) is 6.10 Å². The van der Waals surface area contributed by atoms with Gasteiger partial charge in [0.15, 0.2) is 11.5 Å². The average Bonchev–Trinajstić information content (AvgIpc) is 3.38. The highest BCUT2D eigenvalue weighted by molar-refractivity contribution is 6.08. The number of rotatable bonds is 6. The Morgan fingerprint density at radius 3 is 2.93 bits per heavy atom.